The molecule has 0 radical (unpaired) electrons. The molecule has 1 saturated heterocycles. The second-order valence-corrected chi connectivity index (χ2v) is 9.60. The fraction of sp³-hybridized carbons (Fsp3) is 0.261. The van der Waals surface area contributed by atoms with Gasteiger partial charge in [0, 0.05) is 6.54 Å². The van der Waals surface area contributed by atoms with Crippen molar-refractivity contribution >= 4 is 46.3 Å². The maximum Gasteiger partial charge on any atom is 0.305 e. The summed E-state index contributed by atoms with van der Waals surface area (Å²) < 4.78 is 6.34. The van der Waals surface area contributed by atoms with E-state index in [1.165, 1.54) is 22.2 Å². The van der Waals surface area contributed by atoms with Crippen molar-refractivity contribution in [1.29, 1.82) is 0 Å². The smallest absolute Gasteiger partial charge is 0.305 e. The Morgan fingerprint density at radius 3 is 2.50 bits per heavy atom. The molecule has 5 nitrogen and oxygen atoms in total. The Morgan fingerprint density at radius 2 is 1.87 bits per heavy atom. The molecule has 0 unspecified atom stereocenters. The van der Waals surface area contributed by atoms with E-state index >= 15 is 0 Å². The highest BCUT2D eigenvalue weighted by Crippen LogP contribution is 2.33. The SMILES string of the molecule is CC(C)(C)c1ccc(Oc2cccc(C=C3SC(=S)N(CCC(=O)O)C3=O)c2)cc1. The highest BCUT2D eigenvalue weighted by Gasteiger charge is 2.32. The Kier molecular flexibility index (Phi) is 6.63. The van der Waals surface area contributed by atoms with Crippen molar-refractivity contribution in [1.82, 2.24) is 4.90 Å². The van der Waals surface area contributed by atoms with Crippen LogP contribution in [0.2, 0.25) is 0 Å². The number of benzene rings is 2. The number of aliphatic carboxylic acids is 1. The minimum Gasteiger partial charge on any atom is -0.481 e. The minimum atomic E-state index is -0.964. The van der Waals surface area contributed by atoms with Gasteiger partial charge in [0.1, 0.15) is 15.8 Å². The van der Waals surface area contributed by atoms with Crippen molar-refractivity contribution in [2.24, 2.45) is 0 Å². The van der Waals surface area contributed by atoms with Crippen molar-refractivity contribution < 1.29 is 19.4 Å². The molecule has 2 aromatic carbocycles. The molecular weight excluding hydrogens is 418 g/mol. The molecule has 0 spiro atoms. The molecule has 30 heavy (non-hydrogen) atoms. The van der Waals surface area contributed by atoms with Crippen LogP contribution in [0.3, 0.4) is 0 Å². The maximum atomic E-state index is 12.5. The number of carboxylic acids is 1. The van der Waals surface area contributed by atoms with Crippen molar-refractivity contribution in [2.75, 3.05) is 6.54 Å². The quantitative estimate of drug-likeness (QED) is 0.475. The van der Waals surface area contributed by atoms with Crippen molar-refractivity contribution in [3.05, 3.63) is 64.6 Å². The first-order valence-electron chi connectivity index (χ1n) is 9.49. The highest BCUT2D eigenvalue weighted by molar-refractivity contribution is 8.26. The lowest BCUT2D eigenvalue weighted by Crippen LogP contribution is -2.30. The highest BCUT2D eigenvalue weighted by atomic mass is 32.2. The summed E-state index contributed by atoms with van der Waals surface area (Å²) in [5.41, 5.74) is 2.11. The average Bonchev–Trinajstić information content (AvgIpc) is 2.93. The van der Waals surface area contributed by atoms with Gasteiger partial charge < -0.3 is 9.84 Å². The molecule has 1 amide bonds. The number of carbonyl (C=O) groups excluding carboxylic acids is 1. The van der Waals surface area contributed by atoms with Crippen molar-refractivity contribution in [2.45, 2.75) is 32.6 Å². The van der Waals surface area contributed by atoms with E-state index in [4.69, 9.17) is 22.1 Å². The summed E-state index contributed by atoms with van der Waals surface area (Å²) in [6, 6.07) is 15.4. The fourth-order valence-electron chi connectivity index (χ4n) is 2.88. The van der Waals surface area contributed by atoms with Crippen LogP contribution in [0, 0.1) is 0 Å². The number of carbonyl (C=O) groups is 2. The van der Waals surface area contributed by atoms with E-state index in [1.54, 1.807) is 6.08 Å². The molecule has 1 aliphatic rings. The summed E-state index contributed by atoms with van der Waals surface area (Å²) in [4.78, 5) is 25.1. The van der Waals surface area contributed by atoms with Gasteiger partial charge >= 0.3 is 5.97 Å². The Hall–Kier alpha value is -2.64. The number of hydrogen-bond donors (Lipinski definition) is 1. The molecule has 0 bridgehead atoms. The Labute approximate surface area is 185 Å². The minimum absolute atomic E-state index is 0.0745. The molecule has 1 N–H and O–H groups in total. The van der Waals surface area contributed by atoms with Crippen LogP contribution in [0.5, 0.6) is 11.5 Å². The van der Waals surface area contributed by atoms with Crippen LogP contribution in [-0.2, 0) is 15.0 Å². The summed E-state index contributed by atoms with van der Waals surface area (Å²) in [5.74, 6) is 0.164. The zero-order valence-electron chi connectivity index (χ0n) is 17.0. The first-order chi connectivity index (χ1) is 14.1. The largest absolute Gasteiger partial charge is 0.481 e. The zero-order chi connectivity index (χ0) is 21.9. The number of rotatable bonds is 6. The van der Waals surface area contributed by atoms with E-state index in [-0.39, 0.29) is 24.3 Å². The summed E-state index contributed by atoms with van der Waals surface area (Å²) in [6.07, 6.45) is 1.60. The molecule has 0 saturated carbocycles. The standard InChI is InChI=1S/C23H23NO4S2/c1-23(2,3)16-7-9-17(10-8-16)28-18-6-4-5-15(13-18)14-19-21(27)24(22(29)30-19)12-11-20(25)26/h4-10,13-14H,11-12H2,1-3H3,(H,25,26). The lowest BCUT2D eigenvalue weighted by atomic mass is 9.87. The van der Waals surface area contributed by atoms with Gasteiger partial charge in [0.2, 0.25) is 0 Å². The molecular formula is C23H23NO4S2. The van der Waals surface area contributed by atoms with E-state index in [1.807, 2.05) is 36.4 Å². The van der Waals surface area contributed by atoms with Crippen LogP contribution in [0.1, 0.15) is 38.3 Å². The Morgan fingerprint density at radius 1 is 1.17 bits per heavy atom. The lowest BCUT2D eigenvalue weighted by molar-refractivity contribution is -0.137. The van der Waals surface area contributed by atoms with Crippen LogP contribution in [0.15, 0.2) is 53.4 Å². The molecule has 1 heterocycles. The van der Waals surface area contributed by atoms with Gasteiger partial charge in [0.25, 0.3) is 5.91 Å². The molecule has 156 valence electrons. The third-order valence-corrected chi connectivity index (χ3v) is 5.91. The second-order valence-electron chi connectivity index (χ2n) is 7.93. The van der Waals surface area contributed by atoms with Gasteiger partial charge in [0.15, 0.2) is 0 Å². The van der Waals surface area contributed by atoms with Crippen LogP contribution < -0.4 is 4.74 Å². The lowest BCUT2D eigenvalue weighted by Gasteiger charge is -2.19. The second kappa shape index (κ2) is 9.02. The fourth-order valence-corrected chi connectivity index (χ4v) is 4.19. The van der Waals surface area contributed by atoms with Gasteiger partial charge in [0.05, 0.1) is 11.3 Å². The van der Waals surface area contributed by atoms with Crippen molar-refractivity contribution in [3.63, 3.8) is 0 Å². The van der Waals surface area contributed by atoms with Gasteiger partial charge in [-0.1, -0.05) is 69.0 Å². The first-order valence-corrected chi connectivity index (χ1v) is 10.7. The number of hydrogen-bond acceptors (Lipinski definition) is 5. The maximum absolute atomic E-state index is 12.5. The molecule has 1 fully saturated rings. The molecule has 7 heteroatoms. The molecule has 2 aromatic rings. The van der Waals surface area contributed by atoms with Crippen LogP contribution >= 0.6 is 24.0 Å². The topological polar surface area (TPSA) is 66.8 Å². The van der Waals surface area contributed by atoms with Crippen molar-refractivity contribution in [3.8, 4) is 11.5 Å². The molecule has 0 aromatic heterocycles. The monoisotopic (exact) mass is 441 g/mol. The van der Waals surface area contributed by atoms with E-state index < -0.39 is 5.97 Å². The number of carboxylic acid groups (broad SMARTS) is 1. The van der Waals surface area contributed by atoms with E-state index in [0.717, 1.165) is 11.3 Å². The third-order valence-electron chi connectivity index (χ3n) is 4.53. The molecule has 3 rings (SSSR count). The van der Waals surface area contributed by atoms with Gasteiger partial charge in [-0.05, 0) is 46.9 Å². The summed E-state index contributed by atoms with van der Waals surface area (Å²) >= 11 is 6.40. The summed E-state index contributed by atoms with van der Waals surface area (Å²) in [6.45, 7) is 6.56. The average molecular weight is 442 g/mol. The molecule has 0 aliphatic carbocycles. The van der Waals surface area contributed by atoms with Crippen LogP contribution in [-0.4, -0.2) is 32.7 Å². The van der Waals surface area contributed by atoms with Gasteiger partial charge in [-0.3, -0.25) is 14.5 Å². The first kappa shape index (κ1) is 22.1. The van der Waals surface area contributed by atoms with E-state index in [2.05, 4.69) is 32.9 Å². The van der Waals surface area contributed by atoms with Gasteiger partial charge in [-0.15, -0.1) is 0 Å². The van der Waals surface area contributed by atoms with Gasteiger partial charge in [-0.25, -0.2) is 0 Å². The van der Waals surface area contributed by atoms with E-state index in [0.29, 0.717) is 15.0 Å². The number of amides is 1. The number of thiocarbonyl (C=S) groups is 1. The molecule has 0 atom stereocenters. The van der Waals surface area contributed by atoms with E-state index in [9.17, 15) is 9.59 Å². The number of nitrogens with zero attached hydrogens (tertiary/aromatic N) is 1. The predicted octanol–water partition coefficient (Wildman–Crippen LogP) is 5.45. The van der Waals surface area contributed by atoms with Crippen LogP contribution in [0.4, 0.5) is 0 Å². The molecule has 1 aliphatic heterocycles. The predicted molar refractivity (Wildman–Crippen MR) is 124 cm³/mol. The van der Waals surface area contributed by atoms with Gasteiger partial charge in [-0.2, -0.15) is 0 Å². The summed E-state index contributed by atoms with van der Waals surface area (Å²) in [7, 11) is 0. The Balaban J connectivity index is 1.73. The zero-order valence-corrected chi connectivity index (χ0v) is 18.7. The number of thioether (sulfide) groups is 1. The summed E-state index contributed by atoms with van der Waals surface area (Å²) in [5, 5.41) is 8.84. The number of ether oxygens (including phenoxy) is 1. The normalized spacial score (nSPS) is 15.7. The van der Waals surface area contributed by atoms with Crippen LogP contribution in [0.25, 0.3) is 6.08 Å². The Bertz CT molecular complexity index is 1010. The third kappa shape index (κ3) is 5.49.